The van der Waals surface area contributed by atoms with E-state index in [0.29, 0.717) is 18.0 Å². The first-order valence-corrected chi connectivity index (χ1v) is 14.5. The van der Waals surface area contributed by atoms with Crippen molar-refractivity contribution in [2.45, 2.75) is 83.3 Å². The molecule has 3 N–H and O–H groups in total. The van der Waals surface area contributed by atoms with Crippen LogP contribution in [0.1, 0.15) is 80.2 Å². The fourth-order valence-electron chi connectivity index (χ4n) is 7.65. The van der Waals surface area contributed by atoms with E-state index in [-0.39, 0.29) is 84.1 Å². The Bertz CT molecular complexity index is 1280. The van der Waals surface area contributed by atoms with Crippen LogP contribution in [-0.2, 0) is 25.5 Å². The van der Waals surface area contributed by atoms with Crippen LogP contribution in [-0.4, -0.2) is 38.8 Å². The average molecular weight is 579 g/mol. The topological polar surface area (TPSA) is 149 Å². The Kier molecular flexibility index (Phi) is 9.36. The van der Waals surface area contributed by atoms with Crippen molar-refractivity contribution in [1.29, 1.82) is 0 Å². The maximum Gasteiger partial charge on any atom is 1.00 e. The van der Waals surface area contributed by atoms with E-state index in [1.807, 2.05) is 26.0 Å². The molecule has 3 unspecified atom stereocenters. The number of ether oxygens (including phenoxy) is 1. The summed E-state index contributed by atoms with van der Waals surface area (Å²) in [6.45, 7) is 3.90. The molecule has 0 bridgehead atoms. The number of nitrogens with zero attached hydrogens (tertiary/aromatic N) is 1. The Morgan fingerprint density at radius 1 is 1.23 bits per heavy atom. The van der Waals surface area contributed by atoms with Gasteiger partial charge in [-0.05, 0) is 92.4 Å². The number of carbonyl (C=O) groups excluding carboxylic acids is 3. The summed E-state index contributed by atoms with van der Waals surface area (Å²) in [7, 11) is 0. The normalized spacial score (nSPS) is 30.3. The van der Waals surface area contributed by atoms with Gasteiger partial charge in [0.05, 0.1) is 6.42 Å². The number of aliphatic hydroxyl groups is 1. The number of fused-ring (bicyclic) bond motifs is 5. The summed E-state index contributed by atoms with van der Waals surface area (Å²) in [6, 6.07) is 5.57. The number of aromatic hydroxyl groups is 1. The van der Waals surface area contributed by atoms with E-state index >= 15 is 0 Å². The van der Waals surface area contributed by atoms with Crippen LogP contribution in [0.4, 0.5) is 5.13 Å². The summed E-state index contributed by atoms with van der Waals surface area (Å²) in [5, 5.41) is 36.2. The van der Waals surface area contributed by atoms with Gasteiger partial charge in [0.25, 0.3) is 0 Å². The third kappa shape index (κ3) is 5.97. The molecule has 1 heterocycles. The smallest absolute Gasteiger partial charge is 0.550 e. The average Bonchev–Trinajstić information content (AvgIpc) is 3.38. The van der Waals surface area contributed by atoms with E-state index in [4.69, 9.17) is 4.74 Å². The number of carbonyl (C=O) groups is 3. The summed E-state index contributed by atoms with van der Waals surface area (Å²) in [6.07, 6.45) is 4.91. The Hall–Kier alpha value is -1.98. The summed E-state index contributed by atoms with van der Waals surface area (Å²) in [5.41, 5.74) is 1.63. The number of phenolic OH excluding ortho intramolecular Hbond substituents is 1. The number of carboxylic acid groups (broad SMARTS) is 1. The monoisotopic (exact) mass is 578 g/mol. The molecule has 0 aliphatic heterocycles. The zero-order chi connectivity index (χ0) is 27.9. The number of phenols is 1. The van der Waals surface area contributed by atoms with E-state index in [1.54, 1.807) is 12.3 Å². The molecule has 2 fully saturated rings. The fourth-order valence-corrected chi connectivity index (χ4v) is 8.33. The number of aryl methyl sites for hydroxylation is 2. The zero-order valence-electron chi connectivity index (χ0n) is 23.3. The molecule has 3 aliphatic carbocycles. The second kappa shape index (κ2) is 12.1. The first-order valence-electron chi connectivity index (χ1n) is 13.7. The maximum absolute atomic E-state index is 12.8. The number of aromatic nitrogens is 1. The third-order valence-corrected chi connectivity index (χ3v) is 10.2. The molecular weight excluding hydrogens is 543 g/mol. The van der Waals surface area contributed by atoms with Crippen molar-refractivity contribution in [2.24, 2.45) is 23.2 Å². The van der Waals surface area contributed by atoms with Crippen LogP contribution in [0.15, 0.2) is 24.4 Å². The summed E-state index contributed by atoms with van der Waals surface area (Å²) in [4.78, 5) is 41.5. The minimum atomic E-state index is -1.76. The summed E-state index contributed by atoms with van der Waals surface area (Å²) in [5.74, 6) is -3.38. The minimum absolute atomic E-state index is 0. The molecule has 11 heteroatoms. The molecule has 0 radical (unpaired) electrons. The number of aliphatic carboxylic acids is 1. The van der Waals surface area contributed by atoms with Crippen LogP contribution in [0, 0.1) is 30.1 Å². The molecule has 40 heavy (non-hydrogen) atoms. The first kappa shape index (κ1) is 31.0. The maximum atomic E-state index is 12.8. The molecule has 0 spiro atoms. The van der Waals surface area contributed by atoms with Gasteiger partial charge in [0.2, 0.25) is 11.7 Å². The number of benzene rings is 1. The van der Waals surface area contributed by atoms with Crippen molar-refractivity contribution in [3.8, 4) is 5.75 Å². The fraction of sp³-hybridized carbons (Fsp3) is 0.586. The number of amides is 1. The molecule has 9 nitrogen and oxygen atoms in total. The van der Waals surface area contributed by atoms with Crippen LogP contribution in [0.2, 0.25) is 0 Å². The van der Waals surface area contributed by atoms with Gasteiger partial charge in [-0.3, -0.25) is 9.59 Å². The molecule has 1 aromatic carbocycles. The van der Waals surface area contributed by atoms with Crippen LogP contribution >= 0.6 is 11.3 Å². The van der Waals surface area contributed by atoms with Gasteiger partial charge in [-0.1, -0.05) is 13.0 Å². The number of rotatable bonds is 8. The Morgan fingerprint density at radius 3 is 2.70 bits per heavy atom. The Balaban J connectivity index is 0.00000370. The first-order chi connectivity index (χ1) is 18.5. The molecular formula is C29H35N2NaO7S. The van der Waals surface area contributed by atoms with Gasteiger partial charge in [-0.15, -0.1) is 11.3 Å². The minimum Gasteiger partial charge on any atom is -0.550 e. The van der Waals surface area contributed by atoms with Crippen molar-refractivity contribution in [3.05, 3.63) is 40.4 Å². The van der Waals surface area contributed by atoms with Crippen LogP contribution in [0.25, 0.3) is 0 Å². The molecule has 1 amide bonds. The van der Waals surface area contributed by atoms with Gasteiger partial charge >= 0.3 is 35.5 Å². The predicted molar refractivity (Wildman–Crippen MR) is 142 cm³/mol. The summed E-state index contributed by atoms with van der Waals surface area (Å²) < 4.78 is 5.71. The number of anilines is 1. The van der Waals surface area contributed by atoms with E-state index in [0.717, 1.165) is 29.7 Å². The number of thiazole rings is 1. The van der Waals surface area contributed by atoms with E-state index in [1.165, 1.54) is 16.9 Å². The molecule has 2 aromatic rings. The Labute approximate surface area is 260 Å². The molecule has 6 atom stereocenters. The number of nitrogens with one attached hydrogen (secondary N) is 1. The van der Waals surface area contributed by atoms with Crippen molar-refractivity contribution in [3.63, 3.8) is 0 Å². The predicted octanol–water partition coefficient (Wildman–Crippen LogP) is 0.424. The number of esters is 1. The molecule has 5 rings (SSSR count). The van der Waals surface area contributed by atoms with Crippen molar-refractivity contribution in [1.82, 2.24) is 4.98 Å². The third-order valence-electron chi connectivity index (χ3n) is 9.33. The van der Waals surface area contributed by atoms with Gasteiger partial charge in [-0.25, -0.2) is 4.98 Å². The van der Waals surface area contributed by atoms with Gasteiger partial charge in [0.1, 0.15) is 5.75 Å². The van der Waals surface area contributed by atoms with Crippen molar-refractivity contribution >= 4 is 34.3 Å². The second-order valence-electron chi connectivity index (χ2n) is 11.6. The Morgan fingerprint density at radius 2 is 2.00 bits per heavy atom. The van der Waals surface area contributed by atoms with E-state index < -0.39 is 29.6 Å². The van der Waals surface area contributed by atoms with Gasteiger partial charge in [0.15, 0.2) is 5.13 Å². The van der Waals surface area contributed by atoms with Gasteiger partial charge in [0, 0.05) is 35.3 Å². The van der Waals surface area contributed by atoms with Crippen molar-refractivity contribution < 1.29 is 64.0 Å². The largest absolute Gasteiger partial charge is 1.00 e. The zero-order valence-corrected chi connectivity index (χ0v) is 26.1. The molecule has 210 valence electrons. The SMILES string of the molecule is Cc1cnc(NC(=O)CC[C@@H]2C[C@](O)(OC(=O)CCC(=O)[O-])[C@@]3(C)CCC4c5ccc(O)cc5CCC4C23)s1.[Na+]. The quantitative estimate of drug-likeness (QED) is 0.232. The molecule has 2 saturated carbocycles. The number of hydrogen-bond acceptors (Lipinski definition) is 9. The molecule has 1 aromatic heterocycles. The number of hydrogen-bond donors (Lipinski definition) is 3. The van der Waals surface area contributed by atoms with Gasteiger partial charge in [-0.2, -0.15) is 0 Å². The van der Waals surface area contributed by atoms with E-state index in [2.05, 4.69) is 10.3 Å². The van der Waals surface area contributed by atoms with Crippen molar-refractivity contribution in [2.75, 3.05) is 5.32 Å². The molecule has 0 saturated heterocycles. The van der Waals surface area contributed by atoms with Crippen LogP contribution in [0.5, 0.6) is 5.75 Å². The van der Waals surface area contributed by atoms with E-state index in [9.17, 15) is 29.7 Å². The van der Waals surface area contributed by atoms with Gasteiger partial charge < -0.3 is 30.2 Å². The standard InChI is InChI=1S/C29H36N2O7S.Na/c1-16-15-30-27(39-16)31-23(33)8-4-18-14-29(37,38-25(36)10-9-24(34)35)28(2)12-11-21-20-7-5-19(32)13-17(20)3-6-22(21)26(18)28;/h5,7,13,15,18,21-22,26,32,37H,3-4,6,8-12,14H2,1-2H3,(H,34,35)(H,30,31,33);/q;+1/p-1/t18-,21?,22?,26?,28+,29+;/m1./s1. The van der Waals surface area contributed by atoms with Crippen LogP contribution in [0.3, 0.4) is 0 Å². The molecule has 3 aliphatic rings. The summed E-state index contributed by atoms with van der Waals surface area (Å²) >= 11 is 1.41. The second-order valence-corrected chi connectivity index (χ2v) is 12.9. The number of carboxylic acids is 1. The van der Waals surface area contributed by atoms with Crippen LogP contribution < -0.4 is 40.0 Å².